The molecule has 0 aliphatic rings. The molecule has 19 heavy (non-hydrogen) atoms. The monoisotopic (exact) mass is 265 g/mol. The number of aryl methyl sites for hydroxylation is 1. The van der Waals surface area contributed by atoms with Gasteiger partial charge in [-0.05, 0) is 53.0 Å². The fourth-order valence-corrected chi connectivity index (χ4v) is 1.92. The third-order valence-electron chi connectivity index (χ3n) is 3.16. The smallest absolute Gasteiger partial charge is 0.272 e. The quantitative estimate of drug-likeness (QED) is 0.467. The van der Waals surface area contributed by atoms with Crippen LogP contribution < -0.4 is 5.32 Å². The van der Waals surface area contributed by atoms with Crippen molar-refractivity contribution >= 4 is 5.69 Å². The van der Waals surface area contributed by atoms with Crippen LogP contribution >= 0.6 is 0 Å². The molecule has 5 heteroatoms. The van der Waals surface area contributed by atoms with Crippen molar-refractivity contribution in [3.8, 4) is 0 Å². The Morgan fingerprint density at radius 3 is 2.68 bits per heavy atom. The van der Waals surface area contributed by atoms with E-state index in [1.807, 2.05) is 33.2 Å². The van der Waals surface area contributed by atoms with Gasteiger partial charge in [-0.3, -0.25) is 10.1 Å². The molecule has 1 rings (SSSR count). The number of hydrogen-bond donors (Lipinski definition) is 1. The Hall–Kier alpha value is -1.46. The zero-order valence-corrected chi connectivity index (χ0v) is 12.1. The lowest BCUT2D eigenvalue weighted by molar-refractivity contribution is -0.385. The molecule has 0 aromatic heterocycles. The minimum atomic E-state index is -0.322. The Balaban J connectivity index is 2.59. The molecule has 0 aliphatic heterocycles. The molecule has 1 aromatic rings. The maximum Gasteiger partial charge on any atom is 0.272 e. The Morgan fingerprint density at radius 2 is 2.11 bits per heavy atom. The topological polar surface area (TPSA) is 58.4 Å². The molecule has 1 N–H and O–H groups in total. The van der Waals surface area contributed by atoms with Crippen molar-refractivity contribution in [2.24, 2.45) is 0 Å². The van der Waals surface area contributed by atoms with E-state index in [2.05, 4.69) is 10.2 Å². The molecule has 0 aliphatic carbocycles. The first-order valence-electron chi connectivity index (χ1n) is 6.55. The zero-order chi connectivity index (χ0) is 14.4. The van der Waals surface area contributed by atoms with Crippen LogP contribution in [0.4, 0.5) is 5.69 Å². The summed E-state index contributed by atoms with van der Waals surface area (Å²) in [7, 11) is 4.10. The number of benzene rings is 1. The Kier molecular flexibility index (Phi) is 5.92. The van der Waals surface area contributed by atoms with Crippen molar-refractivity contribution < 1.29 is 4.92 Å². The predicted octanol–water partition coefficient (Wildman–Crippen LogP) is 2.51. The van der Waals surface area contributed by atoms with Gasteiger partial charge in [0.05, 0.1) is 4.92 Å². The first kappa shape index (κ1) is 15.6. The van der Waals surface area contributed by atoms with Gasteiger partial charge in [0.2, 0.25) is 0 Å². The highest BCUT2D eigenvalue weighted by Crippen LogP contribution is 2.23. The number of nitro benzene ring substituents is 1. The van der Waals surface area contributed by atoms with Crippen LogP contribution in [0.15, 0.2) is 18.2 Å². The third-order valence-corrected chi connectivity index (χ3v) is 3.16. The summed E-state index contributed by atoms with van der Waals surface area (Å²) in [5.74, 6) is 0. The van der Waals surface area contributed by atoms with Crippen molar-refractivity contribution in [2.45, 2.75) is 26.3 Å². The van der Waals surface area contributed by atoms with Crippen LogP contribution in [-0.2, 0) is 0 Å². The molecule has 0 spiro atoms. The van der Waals surface area contributed by atoms with Crippen LogP contribution in [0.25, 0.3) is 0 Å². The number of nitrogens with one attached hydrogen (secondary N) is 1. The number of rotatable bonds is 7. The average Bonchev–Trinajstić information content (AvgIpc) is 2.34. The zero-order valence-electron chi connectivity index (χ0n) is 12.1. The summed E-state index contributed by atoms with van der Waals surface area (Å²) in [5, 5.41) is 14.3. The van der Waals surface area contributed by atoms with E-state index in [0.717, 1.165) is 25.1 Å². The van der Waals surface area contributed by atoms with E-state index in [9.17, 15) is 10.1 Å². The Morgan fingerprint density at radius 1 is 1.42 bits per heavy atom. The molecule has 0 radical (unpaired) electrons. The summed E-state index contributed by atoms with van der Waals surface area (Å²) in [6, 6.07) is 5.55. The van der Waals surface area contributed by atoms with E-state index in [0.29, 0.717) is 5.56 Å². The van der Waals surface area contributed by atoms with Gasteiger partial charge in [0.15, 0.2) is 0 Å². The van der Waals surface area contributed by atoms with Crippen molar-refractivity contribution in [1.29, 1.82) is 0 Å². The lowest BCUT2D eigenvalue weighted by Crippen LogP contribution is -2.23. The van der Waals surface area contributed by atoms with E-state index in [1.54, 1.807) is 13.0 Å². The van der Waals surface area contributed by atoms with Gasteiger partial charge in [-0.25, -0.2) is 0 Å². The molecule has 5 nitrogen and oxygen atoms in total. The molecule has 1 atom stereocenters. The second-order valence-electron chi connectivity index (χ2n) is 5.14. The molecule has 106 valence electrons. The molecule has 0 amide bonds. The van der Waals surface area contributed by atoms with Gasteiger partial charge < -0.3 is 10.2 Å². The molecule has 1 unspecified atom stereocenters. The lowest BCUT2D eigenvalue weighted by Gasteiger charge is -2.16. The second-order valence-corrected chi connectivity index (χ2v) is 5.14. The highest BCUT2D eigenvalue weighted by atomic mass is 16.6. The number of nitro groups is 1. The molecule has 0 heterocycles. The molecular formula is C14H23N3O2. The normalized spacial score (nSPS) is 12.7. The second kappa shape index (κ2) is 7.21. The molecular weight excluding hydrogens is 242 g/mol. The summed E-state index contributed by atoms with van der Waals surface area (Å²) in [6.07, 6.45) is 1.06. The van der Waals surface area contributed by atoms with Gasteiger partial charge in [0.1, 0.15) is 0 Å². The van der Waals surface area contributed by atoms with E-state index < -0.39 is 0 Å². The van der Waals surface area contributed by atoms with E-state index in [4.69, 9.17) is 0 Å². The first-order chi connectivity index (χ1) is 8.91. The lowest BCUT2D eigenvalue weighted by atomic mass is 10.0. The highest BCUT2D eigenvalue weighted by Gasteiger charge is 2.13. The van der Waals surface area contributed by atoms with Gasteiger partial charge in [0.25, 0.3) is 5.69 Å². The van der Waals surface area contributed by atoms with Crippen molar-refractivity contribution in [3.05, 3.63) is 39.4 Å². The number of hydrogen-bond acceptors (Lipinski definition) is 4. The van der Waals surface area contributed by atoms with Crippen LogP contribution in [0.2, 0.25) is 0 Å². The Bertz CT molecular complexity index is 433. The van der Waals surface area contributed by atoms with Crippen LogP contribution in [0, 0.1) is 17.0 Å². The van der Waals surface area contributed by atoms with Gasteiger partial charge in [-0.2, -0.15) is 0 Å². The SMILES string of the molecule is Cc1ccc(C(C)NCCCN(C)C)cc1[N+](=O)[O-]. The molecule has 0 saturated heterocycles. The summed E-state index contributed by atoms with van der Waals surface area (Å²) in [6.45, 7) is 5.73. The van der Waals surface area contributed by atoms with Crippen LogP contribution in [0.3, 0.4) is 0 Å². The maximum atomic E-state index is 10.9. The van der Waals surface area contributed by atoms with Crippen molar-refractivity contribution in [2.75, 3.05) is 27.2 Å². The van der Waals surface area contributed by atoms with Gasteiger partial charge >= 0.3 is 0 Å². The fourth-order valence-electron chi connectivity index (χ4n) is 1.92. The van der Waals surface area contributed by atoms with Gasteiger partial charge in [-0.15, -0.1) is 0 Å². The molecule has 0 bridgehead atoms. The first-order valence-corrected chi connectivity index (χ1v) is 6.55. The van der Waals surface area contributed by atoms with E-state index in [-0.39, 0.29) is 16.7 Å². The predicted molar refractivity (Wildman–Crippen MR) is 77.4 cm³/mol. The Labute approximate surface area is 114 Å². The van der Waals surface area contributed by atoms with E-state index >= 15 is 0 Å². The molecule has 0 saturated carbocycles. The standard InChI is InChI=1S/C14H23N3O2/c1-11-6-7-13(10-14(11)17(18)19)12(2)15-8-5-9-16(3)4/h6-7,10,12,15H,5,8-9H2,1-4H3. The van der Waals surface area contributed by atoms with Gasteiger partial charge in [-0.1, -0.05) is 12.1 Å². The largest absolute Gasteiger partial charge is 0.310 e. The van der Waals surface area contributed by atoms with Crippen LogP contribution in [0.5, 0.6) is 0 Å². The average molecular weight is 265 g/mol. The van der Waals surface area contributed by atoms with E-state index in [1.165, 1.54) is 0 Å². The van der Waals surface area contributed by atoms with Crippen LogP contribution in [0.1, 0.15) is 30.5 Å². The minimum absolute atomic E-state index is 0.126. The minimum Gasteiger partial charge on any atom is -0.310 e. The van der Waals surface area contributed by atoms with Crippen molar-refractivity contribution in [3.63, 3.8) is 0 Å². The fraction of sp³-hybridized carbons (Fsp3) is 0.571. The van der Waals surface area contributed by atoms with Gasteiger partial charge in [0, 0.05) is 17.7 Å². The molecule has 0 fully saturated rings. The van der Waals surface area contributed by atoms with Crippen LogP contribution in [-0.4, -0.2) is 37.0 Å². The summed E-state index contributed by atoms with van der Waals surface area (Å²) in [5.41, 5.74) is 1.86. The summed E-state index contributed by atoms with van der Waals surface area (Å²) >= 11 is 0. The summed E-state index contributed by atoms with van der Waals surface area (Å²) in [4.78, 5) is 12.7. The highest BCUT2D eigenvalue weighted by molar-refractivity contribution is 5.43. The summed E-state index contributed by atoms with van der Waals surface area (Å²) < 4.78 is 0. The molecule has 1 aromatic carbocycles. The maximum absolute atomic E-state index is 10.9. The number of nitrogens with zero attached hydrogens (tertiary/aromatic N) is 2. The third kappa shape index (κ3) is 4.96. The van der Waals surface area contributed by atoms with Crippen molar-refractivity contribution in [1.82, 2.24) is 10.2 Å².